The molecule has 0 aliphatic carbocycles. The standard InChI is InChI=1S/C21H21Cl2N3O3/c1-4-26-20(24-18-11-15(23)7-10-17(18)21(26)28)13(2)25(3)19(27)12-29-16-8-5-14(22)6-9-16/h5-11,13H,4,12H2,1-3H3. The number of benzene rings is 2. The van der Waals surface area contributed by atoms with Gasteiger partial charge >= 0.3 is 0 Å². The molecular weight excluding hydrogens is 413 g/mol. The van der Waals surface area contributed by atoms with Gasteiger partial charge in [0.2, 0.25) is 0 Å². The number of hydrogen-bond donors (Lipinski definition) is 0. The number of hydrogen-bond acceptors (Lipinski definition) is 4. The van der Waals surface area contributed by atoms with Gasteiger partial charge < -0.3 is 9.64 Å². The highest BCUT2D eigenvalue weighted by Crippen LogP contribution is 2.21. The highest BCUT2D eigenvalue weighted by atomic mass is 35.5. The quantitative estimate of drug-likeness (QED) is 0.580. The number of halogens is 2. The number of fused-ring (bicyclic) bond motifs is 1. The summed E-state index contributed by atoms with van der Waals surface area (Å²) in [5.41, 5.74) is 0.349. The Morgan fingerprint density at radius 3 is 2.48 bits per heavy atom. The molecule has 3 aromatic rings. The summed E-state index contributed by atoms with van der Waals surface area (Å²) in [5, 5.41) is 1.58. The molecule has 0 fully saturated rings. The lowest BCUT2D eigenvalue weighted by atomic mass is 10.2. The number of rotatable bonds is 6. The van der Waals surface area contributed by atoms with Crippen molar-refractivity contribution in [1.82, 2.24) is 14.5 Å². The van der Waals surface area contributed by atoms with Crippen molar-refractivity contribution in [3.8, 4) is 5.75 Å². The second kappa shape index (κ2) is 8.84. The molecule has 0 N–H and O–H groups in total. The predicted octanol–water partition coefficient (Wildman–Crippen LogP) is 4.32. The smallest absolute Gasteiger partial charge is 0.261 e. The molecule has 0 aliphatic rings. The van der Waals surface area contributed by atoms with Crippen LogP contribution in [-0.2, 0) is 11.3 Å². The van der Waals surface area contributed by atoms with Crippen LogP contribution in [0.3, 0.4) is 0 Å². The lowest BCUT2D eigenvalue weighted by molar-refractivity contribution is -0.134. The zero-order chi connectivity index (χ0) is 21.1. The maximum atomic E-state index is 12.9. The Balaban J connectivity index is 1.85. The van der Waals surface area contributed by atoms with Gasteiger partial charge in [-0.1, -0.05) is 23.2 Å². The van der Waals surface area contributed by atoms with E-state index in [0.29, 0.717) is 39.1 Å². The molecule has 6 nitrogen and oxygen atoms in total. The van der Waals surface area contributed by atoms with Crippen molar-refractivity contribution < 1.29 is 9.53 Å². The van der Waals surface area contributed by atoms with E-state index in [4.69, 9.17) is 27.9 Å². The van der Waals surface area contributed by atoms with Crippen LogP contribution in [0.5, 0.6) is 5.75 Å². The van der Waals surface area contributed by atoms with Crippen molar-refractivity contribution in [2.45, 2.75) is 26.4 Å². The van der Waals surface area contributed by atoms with E-state index >= 15 is 0 Å². The van der Waals surface area contributed by atoms with Crippen molar-refractivity contribution in [2.24, 2.45) is 0 Å². The predicted molar refractivity (Wildman–Crippen MR) is 115 cm³/mol. The average molecular weight is 434 g/mol. The molecular formula is C21H21Cl2N3O3. The molecule has 0 aliphatic heterocycles. The summed E-state index contributed by atoms with van der Waals surface area (Å²) >= 11 is 11.9. The average Bonchev–Trinajstić information content (AvgIpc) is 2.71. The third-order valence-corrected chi connectivity index (χ3v) is 5.27. The second-order valence-electron chi connectivity index (χ2n) is 6.60. The van der Waals surface area contributed by atoms with Crippen LogP contribution >= 0.6 is 23.2 Å². The molecule has 0 spiro atoms. The first kappa shape index (κ1) is 21.1. The third kappa shape index (κ3) is 4.54. The number of ether oxygens (including phenoxy) is 1. The molecule has 0 bridgehead atoms. The summed E-state index contributed by atoms with van der Waals surface area (Å²) in [5.74, 6) is 0.804. The molecule has 0 saturated carbocycles. The molecule has 8 heteroatoms. The summed E-state index contributed by atoms with van der Waals surface area (Å²) in [6, 6.07) is 11.3. The van der Waals surface area contributed by atoms with Crippen LogP contribution in [0.2, 0.25) is 10.0 Å². The van der Waals surface area contributed by atoms with Gasteiger partial charge in [-0.2, -0.15) is 0 Å². The van der Waals surface area contributed by atoms with Crippen LogP contribution in [-0.4, -0.2) is 34.0 Å². The van der Waals surface area contributed by atoms with E-state index in [-0.39, 0.29) is 18.1 Å². The molecule has 0 radical (unpaired) electrons. The lowest BCUT2D eigenvalue weighted by Crippen LogP contribution is -2.37. The molecule has 0 saturated heterocycles. The molecule has 1 aromatic heterocycles. The lowest BCUT2D eigenvalue weighted by Gasteiger charge is -2.26. The minimum atomic E-state index is -0.438. The van der Waals surface area contributed by atoms with Crippen molar-refractivity contribution in [2.75, 3.05) is 13.7 Å². The van der Waals surface area contributed by atoms with Crippen LogP contribution in [0.1, 0.15) is 25.7 Å². The van der Waals surface area contributed by atoms with Crippen molar-refractivity contribution >= 4 is 40.0 Å². The molecule has 3 rings (SSSR count). The Morgan fingerprint density at radius 2 is 1.83 bits per heavy atom. The number of carbonyl (C=O) groups excluding carboxylic acids is 1. The van der Waals surface area contributed by atoms with Gasteiger partial charge in [0, 0.05) is 23.6 Å². The fraction of sp³-hybridized carbons (Fsp3) is 0.286. The van der Waals surface area contributed by atoms with E-state index in [1.54, 1.807) is 54.1 Å². The zero-order valence-corrected chi connectivity index (χ0v) is 17.9. The molecule has 1 amide bonds. The number of likely N-dealkylation sites (N-methyl/N-ethyl adjacent to an activating group) is 1. The monoisotopic (exact) mass is 433 g/mol. The van der Waals surface area contributed by atoms with Crippen LogP contribution in [0.4, 0.5) is 0 Å². The zero-order valence-electron chi connectivity index (χ0n) is 16.4. The van der Waals surface area contributed by atoms with E-state index < -0.39 is 6.04 Å². The first-order valence-corrected chi connectivity index (χ1v) is 9.91. The van der Waals surface area contributed by atoms with E-state index in [1.807, 2.05) is 13.8 Å². The fourth-order valence-electron chi connectivity index (χ4n) is 3.00. The Kier molecular flexibility index (Phi) is 6.45. The molecule has 1 atom stereocenters. The molecule has 152 valence electrons. The van der Waals surface area contributed by atoms with Crippen molar-refractivity contribution in [1.29, 1.82) is 0 Å². The molecule has 2 aromatic carbocycles. The van der Waals surface area contributed by atoms with Gasteiger partial charge in [0.15, 0.2) is 6.61 Å². The number of carbonyl (C=O) groups is 1. The number of amides is 1. The Hall–Kier alpha value is -2.57. The molecule has 1 heterocycles. The Labute approximate surface area is 178 Å². The first-order chi connectivity index (χ1) is 13.8. The number of aromatic nitrogens is 2. The van der Waals surface area contributed by atoms with E-state index in [2.05, 4.69) is 4.98 Å². The Morgan fingerprint density at radius 1 is 1.17 bits per heavy atom. The van der Waals surface area contributed by atoms with E-state index in [9.17, 15) is 9.59 Å². The summed E-state index contributed by atoms with van der Waals surface area (Å²) in [6.07, 6.45) is 0. The van der Waals surface area contributed by atoms with Gasteiger partial charge in [-0.15, -0.1) is 0 Å². The van der Waals surface area contributed by atoms with Crippen LogP contribution in [0.15, 0.2) is 47.3 Å². The summed E-state index contributed by atoms with van der Waals surface area (Å²) in [4.78, 5) is 31.6. The highest BCUT2D eigenvalue weighted by Gasteiger charge is 2.23. The maximum Gasteiger partial charge on any atom is 0.261 e. The minimum absolute atomic E-state index is 0.141. The van der Waals surface area contributed by atoms with Crippen LogP contribution in [0.25, 0.3) is 10.9 Å². The first-order valence-electron chi connectivity index (χ1n) is 9.15. The SMILES string of the molecule is CCn1c(C(C)N(C)C(=O)COc2ccc(Cl)cc2)nc2cc(Cl)ccc2c1=O. The van der Waals surface area contributed by atoms with Crippen molar-refractivity contribution in [3.63, 3.8) is 0 Å². The van der Waals surface area contributed by atoms with Gasteiger partial charge in [-0.05, 0) is 56.3 Å². The summed E-state index contributed by atoms with van der Waals surface area (Å²) in [7, 11) is 1.66. The second-order valence-corrected chi connectivity index (χ2v) is 7.48. The molecule has 1 unspecified atom stereocenters. The van der Waals surface area contributed by atoms with Crippen LogP contribution in [0, 0.1) is 0 Å². The number of nitrogens with zero attached hydrogens (tertiary/aromatic N) is 3. The maximum absolute atomic E-state index is 12.9. The van der Waals surface area contributed by atoms with Gasteiger partial charge in [0.05, 0.1) is 16.9 Å². The Bertz CT molecular complexity index is 1100. The summed E-state index contributed by atoms with van der Waals surface area (Å²) < 4.78 is 7.11. The van der Waals surface area contributed by atoms with Crippen LogP contribution < -0.4 is 10.3 Å². The largest absolute Gasteiger partial charge is 0.484 e. The highest BCUT2D eigenvalue weighted by molar-refractivity contribution is 6.31. The van der Waals surface area contributed by atoms with E-state index in [1.165, 1.54) is 4.90 Å². The fourth-order valence-corrected chi connectivity index (χ4v) is 3.30. The normalized spacial score (nSPS) is 12.0. The topological polar surface area (TPSA) is 64.4 Å². The van der Waals surface area contributed by atoms with Gasteiger partial charge in [0.1, 0.15) is 11.6 Å². The van der Waals surface area contributed by atoms with Gasteiger partial charge in [-0.25, -0.2) is 4.98 Å². The van der Waals surface area contributed by atoms with Crippen molar-refractivity contribution in [3.05, 3.63) is 68.7 Å². The summed E-state index contributed by atoms with van der Waals surface area (Å²) in [6.45, 7) is 3.99. The molecule has 29 heavy (non-hydrogen) atoms. The van der Waals surface area contributed by atoms with Gasteiger partial charge in [-0.3, -0.25) is 14.2 Å². The third-order valence-electron chi connectivity index (χ3n) is 4.79. The van der Waals surface area contributed by atoms with E-state index in [0.717, 1.165) is 0 Å². The minimum Gasteiger partial charge on any atom is -0.484 e. The van der Waals surface area contributed by atoms with Gasteiger partial charge in [0.25, 0.3) is 11.5 Å².